The Balaban J connectivity index is 1.32. The van der Waals surface area contributed by atoms with E-state index >= 15 is 0 Å². The Labute approximate surface area is 158 Å². The number of nitrogens with one attached hydrogen (secondary N) is 3. The molecule has 0 aromatic heterocycles. The molecule has 0 aliphatic carbocycles. The summed E-state index contributed by atoms with van der Waals surface area (Å²) >= 11 is 1.32. The largest absolute Gasteiger partial charge is 0.454 e. The number of rotatable bonds is 3. The van der Waals surface area contributed by atoms with Crippen molar-refractivity contribution in [2.75, 3.05) is 12.1 Å². The fourth-order valence-corrected chi connectivity index (χ4v) is 3.79. The molecule has 2 aromatic rings. The first-order chi connectivity index (χ1) is 13.1. The number of anilines is 1. The highest BCUT2D eigenvalue weighted by molar-refractivity contribution is 8.01. The van der Waals surface area contributed by atoms with Gasteiger partial charge in [-0.05, 0) is 30.3 Å². The first kappa shape index (κ1) is 17.2. The van der Waals surface area contributed by atoms with Crippen molar-refractivity contribution >= 4 is 35.2 Å². The number of amides is 3. The van der Waals surface area contributed by atoms with Crippen LogP contribution < -0.4 is 25.6 Å². The summed E-state index contributed by atoms with van der Waals surface area (Å²) in [6, 6.07) is 12.1. The molecule has 4 rings (SSSR count). The van der Waals surface area contributed by atoms with Crippen LogP contribution in [0.2, 0.25) is 0 Å². The van der Waals surface area contributed by atoms with Crippen molar-refractivity contribution in [3.63, 3.8) is 0 Å². The molecule has 0 fully saturated rings. The minimum absolute atomic E-state index is 0.0632. The maximum Gasteiger partial charge on any atom is 0.269 e. The summed E-state index contributed by atoms with van der Waals surface area (Å²) in [5.41, 5.74) is 5.73. The van der Waals surface area contributed by atoms with Gasteiger partial charge in [0.2, 0.25) is 18.6 Å². The molecule has 0 spiro atoms. The lowest BCUT2D eigenvalue weighted by Gasteiger charge is -2.23. The minimum atomic E-state index is -0.567. The van der Waals surface area contributed by atoms with E-state index in [1.807, 2.05) is 24.3 Å². The minimum Gasteiger partial charge on any atom is -0.454 e. The maximum atomic E-state index is 12.2. The van der Waals surface area contributed by atoms with E-state index in [1.54, 1.807) is 12.1 Å². The number of hydrogen-bond donors (Lipinski definition) is 3. The fourth-order valence-electron chi connectivity index (χ4n) is 2.68. The van der Waals surface area contributed by atoms with Gasteiger partial charge < -0.3 is 14.8 Å². The Bertz CT molecular complexity index is 933. The van der Waals surface area contributed by atoms with E-state index in [4.69, 9.17) is 9.47 Å². The zero-order valence-electron chi connectivity index (χ0n) is 14.0. The van der Waals surface area contributed by atoms with Gasteiger partial charge in [0.25, 0.3) is 5.91 Å². The molecule has 0 unspecified atom stereocenters. The average molecular weight is 385 g/mol. The predicted molar refractivity (Wildman–Crippen MR) is 97.5 cm³/mol. The van der Waals surface area contributed by atoms with E-state index in [2.05, 4.69) is 16.2 Å². The van der Waals surface area contributed by atoms with Crippen molar-refractivity contribution < 1.29 is 23.9 Å². The van der Waals surface area contributed by atoms with Crippen LogP contribution in [-0.2, 0) is 9.59 Å². The molecule has 2 heterocycles. The number of benzene rings is 2. The van der Waals surface area contributed by atoms with Crippen molar-refractivity contribution in [1.29, 1.82) is 0 Å². The Morgan fingerprint density at radius 3 is 2.81 bits per heavy atom. The van der Waals surface area contributed by atoms with Gasteiger partial charge in [-0.25, -0.2) is 0 Å². The summed E-state index contributed by atoms with van der Waals surface area (Å²) in [4.78, 5) is 37.3. The van der Waals surface area contributed by atoms with Crippen LogP contribution >= 0.6 is 11.8 Å². The molecule has 2 aromatic carbocycles. The molecule has 0 radical (unpaired) electrons. The highest BCUT2D eigenvalue weighted by atomic mass is 32.2. The molecule has 9 heteroatoms. The second-order valence-electron chi connectivity index (χ2n) is 5.87. The van der Waals surface area contributed by atoms with Crippen LogP contribution in [0.5, 0.6) is 11.5 Å². The molecule has 27 heavy (non-hydrogen) atoms. The second-order valence-corrected chi connectivity index (χ2v) is 7.11. The number of hydrazine groups is 1. The highest BCUT2D eigenvalue weighted by Gasteiger charge is 2.29. The summed E-state index contributed by atoms with van der Waals surface area (Å²) < 4.78 is 10.4. The van der Waals surface area contributed by atoms with Gasteiger partial charge in [0, 0.05) is 16.9 Å². The van der Waals surface area contributed by atoms with Crippen molar-refractivity contribution in [3.8, 4) is 11.5 Å². The van der Waals surface area contributed by atoms with E-state index in [0.717, 1.165) is 10.6 Å². The maximum absolute atomic E-state index is 12.2. The van der Waals surface area contributed by atoms with Crippen LogP contribution in [0.4, 0.5) is 5.69 Å². The van der Waals surface area contributed by atoms with Crippen LogP contribution in [0.3, 0.4) is 0 Å². The summed E-state index contributed by atoms with van der Waals surface area (Å²) in [6.07, 6.45) is -0.0632. The topological polar surface area (TPSA) is 106 Å². The highest BCUT2D eigenvalue weighted by Crippen LogP contribution is 2.36. The molecule has 1 atom stereocenters. The third kappa shape index (κ3) is 3.68. The molecule has 138 valence electrons. The standard InChI is InChI=1S/C18H15N3O5S/c22-16(8-15-18(24)19-11-3-1-2-4-14(11)27-15)20-21-17(23)10-5-6-12-13(7-10)26-9-25-12/h1-7,15H,8-9H2,(H,19,24)(H,20,22)(H,21,23)/t15-/m0/s1. The van der Waals surface area contributed by atoms with E-state index in [1.165, 1.54) is 17.8 Å². The van der Waals surface area contributed by atoms with Gasteiger partial charge in [-0.3, -0.25) is 25.2 Å². The van der Waals surface area contributed by atoms with Gasteiger partial charge >= 0.3 is 0 Å². The van der Waals surface area contributed by atoms with Crippen LogP contribution in [0, 0.1) is 0 Å². The number of hydrogen-bond acceptors (Lipinski definition) is 6. The Kier molecular flexibility index (Phi) is 4.59. The zero-order chi connectivity index (χ0) is 18.8. The first-order valence-corrected chi connectivity index (χ1v) is 9.03. The van der Waals surface area contributed by atoms with Gasteiger partial charge in [0.15, 0.2) is 11.5 Å². The van der Waals surface area contributed by atoms with Crippen molar-refractivity contribution in [1.82, 2.24) is 10.9 Å². The fraction of sp³-hybridized carbons (Fsp3) is 0.167. The van der Waals surface area contributed by atoms with Crippen LogP contribution in [-0.4, -0.2) is 29.8 Å². The number of para-hydroxylation sites is 1. The normalized spacial score (nSPS) is 16.9. The number of ether oxygens (including phenoxy) is 2. The summed E-state index contributed by atoms with van der Waals surface area (Å²) in [5, 5.41) is 2.21. The molecule has 3 N–H and O–H groups in total. The summed E-state index contributed by atoms with van der Waals surface area (Å²) in [5.74, 6) is -0.154. The molecular weight excluding hydrogens is 370 g/mol. The Morgan fingerprint density at radius 2 is 1.93 bits per heavy atom. The lowest BCUT2D eigenvalue weighted by Crippen LogP contribution is -2.44. The molecule has 0 saturated carbocycles. The van der Waals surface area contributed by atoms with Gasteiger partial charge in [0.1, 0.15) is 0 Å². The molecule has 0 saturated heterocycles. The van der Waals surface area contributed by atoms with Crippen molar-refractivity contribution in [3.05, 3.63) is 48.0 Å². The smallest absolute Gasteiger partial charge is 0.269 e. The lowest BCUT2D eigenvalue weighted by atomic mass is 10.2. The number of carbonyl (C=O) groups excluding carboxylic acids is 3. The number of carbonyl (C=O) groups is 3. The Morgan fingerprint density at radius 1 is 1.11 bits per heavy atom. The quantitative estimate of drug-likeness (QED) is 0.694. The van der Waals surface area contributed by atoms with Crippen LogP contribution in [0.15, 0.2) is 47.4 Å². The van der Waals surface area contributed by atoms with Gasteiger partial charge in [-0.1, -0.05) is 12.1 Å². The van der Waals surface area contributed by atoms with Crippen LogP contribution in [0.1, 0.15) is 16.8 Å². The molecule has 3 amide bonds. The molecule has 2 aliphatic heterocycles. The molecule has 8 nitrogen and oxygen atoms in total. The van der Waals surface area contributed by atoms with Gasteiger partial charge in [-0.2, -0.15) is 0 Å². The monoisotopic (exact) mass is 385 g/mol. The summed E-state index contributed by atoms with van der Waals surface area (Å²) in [7, 11) is 0. The zero-order valence-corrected chi connectivity index (χ0v) is 14.8. The lowest BCUT2D eigenvalue weighted by molar-refractivity contribution is -0.124. The Hall–Kier alpha value is -3.20. The van der Waals surface area contributed by atoms with Crippen molar-refractivity contribution in [2.24, 2.45) is 0 Å². The number of fused-ring (bicyclic) bond motifs is 2. The van der Waals surface area contributed by atoms with E-state index in [9.17, 15) is 14.4 Å². The first-order valence-electron chi connectivity index (χ1n) is 8.15. The summed E-state index contributed by atoms with van der Waals surface area (Å²) in [6.45, 7) is 0.112. The molecule has 0 bridgehead atoms. The average Bonchev–Trinajstić information content (AvgIpc) is 3.14. The predicted octanol–water partition coefficient (Wildman–Crippen LogP) is 1.68. The molecular formula is C18H15N3O5S. The van der Waals surface area contributed by atoms with E-state index < -0.39 is 17.1 Å². The SMILES string of the molecule is O=C(C[C@@H]1Sc2ccccc2NC1=O)NNC(=O)c1ccc2c(c1)OCO2. The molecule has 2 aliphatic rings. The van der Waals surface area contributed by atoms with E-state index in [-0.39, 0.29) is 19.1 Å². The van der Waals surface area contributed by atoms with Gasteiger partial charge in [-0.15, -0.1) is 11.8 Å². The van der Waals surface area contributed by atoms with E-state index in [0.29, 0.717) is 17.1 Å². The van der Waals surface area contributed by atoms with Gasteiger partial charge in [0.05, 0.1) is 10.9 Å². The van der Waals surface area contributed by atoms with Crippen LogP contribution in [0.25, 0.3) is 0 Å². The third-order valence-corrected chi connectivity index (χ3v) is 5.30. The number of thioether (sulfide) groups is 1. The second kappa shape index (κ2) is 7.20. The van der Waals surface area contributed by atoms with Crippen molar-refractivity contribution in [2.45, 2.75) is 16.6 Å². The third-order valence-electron chi connectivity index (χ3n) is 4.03.